The van der Waals surface area contributed by atoms with Gasteiger partial charge in [0.25, 0.3) is 0 Å². The molecule has 0 aliphatic rings. The number of carbonyl (C=O) groups is 1. The molecule has 0 unspecified atom stereocenters. The molecule has 0 radical (unpaired) electrons. The monoisotopic (exact) mass is 348 g/mol. The van der Waals surface area contributed by atoms with Crippen LogP contribution in [0.5, 0.6) is 0 Å². The molecule has 0 aliphatic heterocycles. The molecule has 1 heterocycles. The SMILES string of the molecule is C/C=C/C(=O)NCCc1c(Sc2ccccn2)ccc2ccccc12. The molecule has 126 valence electrons. The van der Waals surface area contributed by atoms with Crippen molar-refractivity contribution >= 4 is 28.4 Å². The molecule has 3 rings (SSSR count). The van der Waals surface area contributed by atoms with E-state index in [2.05, 4.69) is 40.6 Å². The fourth-order valence-corrected chi connectivity index (χ4v) is 3.67. The van der Waals surface area contributed by atoms with Crippen molar-refractivity contribution in [1.29, 1.82) is 0 Å². The number of fused-ring (bicyclic) bond motifs is 1. The number of hydrogen-bond donors (Lipinski definition) is 1. The van der Waals surface area contributed by atoms with Gasteiger partial charge in [-0.25, -0.2) is 4.98 Å². The molecule has 1 aromatic heterocycles. The zero-order chi connectivity index (χ0) is 17.5. The van der Waals surface area contributed by atoms with Crippen molar-refractivity contribution in [1.82, 2.24) is 10.3 Å². The summed E-state index contributed by atoms with van der Waals surface area (Å²) in [5.74, 6) is -0.0540. The quantitative estimate of drug-likeness (QED) is 0.661. The molecule has 3 aromatic rings. The first-order chi connectivity index (χ1) is 12.3. The van der Waals surface area contributed by atoms with Gasteiger partial charge in [-0.15, -0.1) is 0 Å². The van der Waals surface area contributed by atoms with Gasteiger partial charge in [-0.05, 0) is 54.0 Å². The smallest absolute Gasteiger partial charge is 0.243 e. The second-order valence-corrected chi connectivity index (χ2v) is 6.64. The van der Waals surface area contributed by atoms with Crippen LogP contribution in [0.4, 0.5) is 0 Å². The van der Waals surface area contributed by atoms with Gasteiger partial charge in [0.1, 0.15) is 5.03 Å². The van der Waals surface area contributed by atoms with Gasteiger partial charge in [0.2, 0.25) is 5.91 Å². The Hall–Kier alpha value is -2.59. The van der Waals surface area contributed by atoms with Crippen LogP contribution in [0.3, 0.4) is 0 Å². The third-order valence-corrected chi connectivity index (χ3v) is 4.90. The predicted octanol–water partition coefficient (Wildman–Crippen LogP) is 4.62. The van der Waals surface area contributed by atoms with Crippen LogP contribution in [-0.4, -0.2) is 17.4 Å². The van der Waals surface area contributed by atoms with Gasteiger partial charge >= 0.3 is 0 Å². The number of nitrogens with zero attached hydrogens (tertiary/aromatic N) is 1. The fourth-order valence-electron chi connectivity index (χ4n) is 2.71. The summed E-state index contributed by atoms with van der Waals surface area (Å²) in [6, 6.07) is 18.6. The number of aromatic nitrogens is 1. The van der Waals surface area contributed by atoms with Crippen molar-refractivity contribution in [2.75, 3.05) is 6.54 Å². The van der Waals surface area contributed by atoms with E-state index in [1.165, 1.54) is 21.2 Å². The summed E-state index contributed by atoms with van der Waals surface area (Å²) in [5, 5.41) is 6.34. The van der Waals surface area contributed by atoms with Crippen molar-refractivity contribution < 1.29 is 4.79 Å². The Balaban J connectivity index is 1.89. The minimum atomic E-state index is -0.0540. The van der Waals surface area contributed by atoms with Gasteiger partial charge in [-0.2, -0.15) is 0 Å². The first kappa shape index (κ1) is 17.2. The molecule has 1 N–H and O–H groups in total. The topological polar surface area (TPSA) is 42.0 Å². The number of benzene rings is 2. The van der Waals surface area contributed by atoms with E-state index in [9.17, 15) is 4.79 Å². The van der Waals surface area contributed by atoms with E-state index < -0.39 is 0 Å². The second-order valence-electron chi connectivity index (χ2n) is 5.57. The van der Waals surface area contributed by atoms with Crippen LogP contribution < -0.4 is 5.32 Å². The number of allylic oxidation sites excluding steroid dienone is 1. The highest BCUT2D eigenvalue weighted by molar-refractivity contribution is 7.99. The summed E-state index contributed by atoms with van der Waals surface area (Å²) >= 11 is 1.66. The van der Waals surface area contributed by atoms with E-state index in [4.69, 9.17) is 0 Å². The summed E-state index contributed by atoms with van der Waals surface area (Å²) in [5.41, 5.74) is 1.24. The first-order valence-electron chi connectivity index (χ1n) is 8.28. The average molecular weight is 348 g/mol. The van der Waals surface area contributed by atoms with E-state index in [1.54, 1.807) is 30.1 Å². The molecule has 0 saturated heterocycles. The highest BCUT2D eigenvalue weighted by Gasteiger charge is 2.10. The third-order valence-electron chi connectivity index (χ3n) is 3.84. The van der Waals surface area contributed by atoms with Gasteiger partial charge in [0, 0.05) is 17.6 Å². The molecule has 0 bridgehead atoms. The summed E-state index contributed by atoms with van der Waals surface area (Å²) in [7, 11) is 0. The number of carbonyl (C=O) groups excluding carboxylic acids is 1. The van der Waals surface area contributed by atoms with E-state index in [1.807, 2.05) is 31.2 Å². The molecule has 0 aliphatic carbocycles. The third kappa shape index (κ3) is 4.48. The predicted molar refractivity (Wildman–Crippen MR) is 104 cm³/mol. The van der Waals surface area contributed by atoms with Crippen molar-refractivity contribution in [3.63, 3.8) is 0 Å². The maximum absolute atomic E-state index is 11.7. The van der Waals surface area contributed by atoms with E-state index in [0.717, 1.165) is 11.4 Å². The molecule has 0 saturated carbocycles. The molecule has 25 heavy (non-hydrogen) atoms. The molecular formula is C21H20N2OS. The van der Waals surface area contributed by atoms with Crippen LogP contribution in [-0.2, 0) is 11.2 Å². The minimum Gasteiger partial charge on any atom is -0.352 e. The molecule has 0 atom stereocenters. The number of pyridine rings is 1. The molecular weight excluding hydrogens is 328 g/mol. The van der Waals surface area contributed by atoms with Gasteiger partial charge < -0.3 is 5.32 Å². The number of hydrogen-bond acceptors (Lipinski definition) is 3. The Morgan fingerprint density at radius 3 is 2.76 bits per heavy atom. The maximum Gasteiger partial charge on any atom is 0.243 e. The lowest BCUT2D eigenvalue weighted by Gasteiger charge is -2.13. The normalized spacial score (nSPS) is 11.1. The van der Waals surface area contributed by atoms with E-state index in [-0.39, 0.29) is 5.91 Å². The summed E-state index contributed by atoms with van der Waals surface area (Å²) < 4.78 is 0. The fraction of sp³-hybridized carbons (Fsp3) is 0.143. The Morgan fingerprint density at radius 1 is 1.12 bits per heavy atom. The largest absolute Gasteiger partial charge is 0.352 e. The number of amides is 1. The lowest BCUT2D eigenvalue weighted by Crippen LogP contribution is -2.23. The molecule has 4 heteroatoms. The van der Waals surface area contributed by atoms with Crippen LogP contribution in [0.25, 0.3) is 10.8 Å². The van der Waals surface area contributed by atoms with Crippen molar-refractivity contribution in [2.24, 2.45) is 0 Å². The zero-order valence-electron chi connectivity index (χ0n) is 14.1. The molecule has 0 fully saturated rings. The lowest BCUT2D eigenvalue weighted by atomic mass is 10.0. The molecule has 1 amide bonds. The molecule has 3 nitrogen and oxygen atoms in total. The second kappa shape index (κ2) is 8.49. The minimum absolute atomic E-state index is 0.0540. The highest BCUT2D eigenvalue weighted by Crippen LogP contribution is 2.33. The van der Waals surface area contributed by atoms with Crippen molar-refractivity contribution in [3.05, 3.63) is 78.5 Å². The van der Waals surface area contributed by atoms with Crippen molar-refractivity contribution in [2.45, 2.75) is 23.3 Å². The maximum atomic E-state index is 11.7. The summed E-state index contributed by atoms with van der Waals surface area (Å²) in [6.45, 7) is 2.44. The Kier molecular flexibility index (Phi) is 5.86. The highest BCUT2D eigenvalue weighted by atomic mass is 32.2. The van der Waals surface area contributed by atoms with Crippen LogP contribution in [0.15, 0.2) is 82.9 Å². The van der Waals surface area contributed by atoms with E-state index >= 15 is 0 Å². The van der Waals surface area contributed by atoms with Crippen LogP contribution in [0, 0.1) is 0 Å². The first-order valence-corrected chi connectivity index (χ1v) is 9.09. The van der Waals surface area contributed by atoms with Gasteiger partial charge in [0.15, 0.2) is 0 Å². The standard InChI is InChI=1S/C21H20N2OS/c1-2-7-20(24)22-15-13-18-17-9-4-3-8-16(17)11-12-19(18)25-21-10-5-6-14-23-21/h2-12,14H,13,15H2,1H3,(H,22,24)/b7-2+. The number of rotatable bonds is 6. The van der Waals surface area contributed by atoms with E-state index in [0.29, 0.717) is 6.54 Å². The van der Waals surface area contributed by atoms with Crippen LogP contribution in [0.2, 0.25) is 0 Å². The molecule has 0 spiro atoms. The van der Waals surface area contributed by atoms with Crippen LogP contribution >= 0.6 is 11.8 Å². The van der Waals surface area contributed by atoms with Gasteiger partial charge in [0.05, 0.1) is 0 Å². The van der Waals surface area contributed by atoms with Gasteiger partial charge in [-0.3, -0.25) is 4.79 Å². The summed E-state index contributed by atoms with van der Waals surface area (Å²) in [6.07, 6.45) is 5.88. The average Bonchev–Trinajstić information content (AvgIpc) is 2.64. The lowest BCUT2D eigenvalue weighted by molar-refractivity contribution is -0.116. The van der Waals surface area contributed by atoms with Crippen molar-refractivity contribution in [3.8, 4) is 0 Å². The Bertz CT molecular complexity index is 891. The summed E-state index contributed by atoms with van der Waals surface area (Å²) in [4.78, 5) is 17.3. The Morgan fingerprint density at radius 2 is 1.96 bits per heavy atom. The van der Waals surface area contributed by atoms with Gasteiger partial charge in [-0.1, -0.05) is 54.2 Å². The zero-order valence-corrected chi connectivity index (χ0v) is 14.9. The Labute approximate surface area is 152 Å². The number of nitrogens with one attached hydrogen (secondary N) is 1. The molecule has 2 aromatic carbocycles. The van der Waals surface area contributed by atoms with Crippen LogP contribution in [0.1, 0.15) is 12.5 Å².